The van der Waals surface area contributed by atoms with Crippen molar-refractivity contribution in [2.24, 2.45) is 0 Å². The van der Waals surface area contributed by atoms with Gasteiger partial charge in [-0.25, -0.2) is 0 Å². The molecule has 0 spiro atoms. The molecule has 0 fully saturated rings. The van der Waals surface area contributed by atoms with Crippen LogP contribution in [0.15, 0.2) is 77.5 Å². The first-order chi connectivity index (χ1) is 11.7. The average Bonchev–Trinajstić information content (AvgIpc) is 2.62. The van der Waals surface area contributed by atoms with E-state index in [-0.39, 0.29) is 5.91 Å². The van der Waals surface area contributed by atoms with E-state index >= 15 is 0 Å². The smallest absolute Gasteiger partial charge is 0.256 e. The second-order valence-corrected chi connectivity index (χ2v) is 6.08. The third-order valence-corrected chi connectivity index (χ3v) is 4.17. The Labute approximate surface area is 149 Å². The molecule has 4 nitrogen and oxygen atoms in total. The number of pyridine rings is 1. The highest BCUT2D eigenvalue weighted by Gasteiger charge is 2.09. The van der Waals surface area contributed by atoms with Gasteiger partial charge in [0.2, 0.25) is 0 Å². The number of amides is 1. The van der Waals surface area contributed by atoms with Crippen LogP contribution in [0.2, 0.25) is 0 Å². The predicted octanol–water partition coefficient (Wildman–Crippen LogP) is 4.71. The molecule has 120 valence electrons. The first-order valence-corrected chi connectivity index (χ1v) is 8.30. The lowest BCUT2D eigenvalue weighted by atomic mass is 10.2. The lowest BCUT2D eigenvalue weighted by Gasteiger charge is -2.09. The van der Waals surface area contributed by atoms with Crippen molar-refractivity contribution in [2.45, 2.75) is 6.54 Å². The molecular formula is C19H16BrN3O. The summed E-state index contributed by atoms with van der Waals surface area (Å²) in [6.07, 6.45) is 3.59. The minimum Gasteiger partial charge on any atom is -0.381 e. The molecule has 2 N–H and O–H groups in total. The second kappa shape index (κ2) is 7.75. The van der Waals surface area contributed by atoms with Crippen LogP contribution >= 0.6 is 15.9 Å². The quantitative estimate of drug-likeness (QED) is 0.672. The maximum absolute atomic E-state index is 12.3. The van der Waals surface area contributed by atoms with Gasteiger partial charge in [-0.1, -0.05) is 18.2 Å². The van der Waals surface area contributed by atoms with Gasteiger partial charge in [0.15, 0.2) is 0 Å². The number of hydrogen-bond acceptors (Lipinski definition) is 3. The van der Waals surface area contributed by atoms with Crippen molar-refractivity contribution in [3.63, 3.8) is 0 Å². The number of aromatic nitrogens is 1. The molecule has 0 saturated heterocycles. The largest absolute Gasteiger partial charge is 0.381 e. The fraction of sp³-hybridized carbons (Fsp3) is 0.0526. The van der Waals surface area contributed by atoms with Crippen LogP contribution in [0.5, 0.6) is 0 Å². The third kappa shape index (κ3) is 4.20. The van der Waals surface area contributed by atoms with Crippen LogP contribution < -0.4 is 10.6 Å². The molecule has 2 aromatic carbocycles. The van der Waals surface area contributed by atoms with Crippen molar-refractivity contribution < 1.29 is 4.79 Å². The van der Waals surface area contributed by atoms with Crippen molar-refractivity contribution in [1.29, 1.82) is 0 Å². The van der Waals surface area contributed by atoms with Crippen molar-refractivity contribution in [3.05, 3.63) is 88.7 Å². The zero-order valence-corrected chi connectivity index (χ0v) is 14.5. The number of hydrogen-bond donors (Lipinski definition) is 2. The molecule has 1 heterocycles. The topological polar surface area (TPSA) is 54.0 Å². The summed E-state index contributed by atoms with van der Waals surface area (Å²) in [5.74, 6) is -0.140. The number of nitrogens with one attached hydrogen (secondary N) is 2. The standard InChI is InChI=1S/C19H16BrN3O/c20-18-6-2-1-5-17(18)19(24)23-16-9-7-15(8-10-16)22-13-14-4-3-11-21-12-14/h1-12,22H,13H2,(H,23,24). The molecule has 0 saturated carbocycles. The van der Waals surface area contributed by atoms with E-state index in [1.807, 2.05) is 60.8 Å². The summed E-state index contributed by atoms with van der Waals surface area (Å²) in [5.41, 5.74) is 3.46. The van der Waals surface area contributed by atoms with E-state index in [0.717, 1.165) is 21.4 Å². The molecule has 3 aromatic rings. The Morgan fingerprint density at radius 2 is 1.71 bits per heavy atom. The number of halogens is 1. The van der Waals surface area contributed by atoms with E-state index < -0.39 is 0 Å². The monoisotopic (exact) mass is 381 g/mol. The highest BCUT2D eigenvalue weighted by atomic mass is 79.9. The molecule has 1 amide bonds. The molecule has 0 atom stereocenters. The summed E-state index contributed by atoms with van der Waals surface area (Å²) < 4.78 is 0.775. The minimum atomic E-state index is -0.140. The highest BCUT2D eigenvalue weighted by molar-refractivity contribution is 9.10. The number of anilines is 2. The number of benzene rings is 2. The maximum Gasteiger partial charge on any atom is 0.256 e. The van der Waals surface area contributed by atoms with Crippen LogP contribution in [-0.4, -0.2) is 10.9 Å². The number of nitrogens with zero attached hydrogens (tertiary/aromatic N) is 1. The zero-order valence-electron chi connectivity index (χ0n) is 12.9. The Bertz CT molecular complexity index is 820. The van der Waals surface area contributed by atoms with Gasteiger partial charge >= 0.3 is 0 Å². The molecule has 0 aliphatic rings. The number of carbonyl (C=O) groups is 1. The van der Waals surface area contributed by atoms with E-state index in [1.54, 1.807) is 12.3 Å². The average molecular weight is 382 g/mol. The van der Waals surface area contributed by atoms with Gasteiger partial charge < -0.3 is 10.6 Å². The Morgan fingerprint density at radius 3 is 2.42 bits per heavy atom. The fourth-order valence-corrected chi connectivity index (χ4v) is 2.69. The summed E-state index contributed by atoms with van der Waals surface area (Å²) >= 11 is 3.39. The summed E-state index contributed by atoms with van der Waals surface area (Å²) in [7, 11) is 0. The van der Waals surface area contributed by atoms with Crippen LogP contribution in [-0.2, 0) is 6.54 Å². The fourth-order valence-electron chi connectivity index (χ4n) is 2.22. The maximum atomic E-state index is 12.3. The molecule has 1 aromatic heterocycles. The molecule has 5 heteroatoms. The number of carbonyl (C=O) groups excluding carboxylic acids is 1. The normalized spacial score (nSPS) is 10.2. The Kier molecular flexibility index (Phi) is 5.23. The van der Waals surface area contributed by atoms with Crippen LogP contribution in [0, 0.1) is 0 Å². The highest BCUT2D eigenvalue weighted by Crippen LogP contribution is 2.19. The molecule has 3 rings (SSSR count). The van der Waals surface area contributed by atoms with Gasteiger partial charge in [0, 0.05) is 34.8 Å². The van der Waals surface area contributed by atoms with E-state index in [9.17, 15) is 4.79 Å². The molecule has 0 unspecified atom stereocenters. The van der Waals surface area contributed by atoms with Gasteiger partial charge in [0.1, 0.15) is 0 Å². The van der Waals surface area contributed by atoms with Crippen LogP contribution in [0.25, 0.3) is 0 Å². The summed E-state index contributed by atoms with van der Waals surface area (Å²) in [5, 5.41) is 6.22. The Morgan fingerprint density at radius 1 is 0.958 bits per heavy atom. The molecule has 24 heavy (non-hydrogen) atoms. The van der Waals surface area contributed by atoms with E-state index in [4.69, 9.17) is 0 Å². The van der Waals surface area contributed by atoms with E-state index in [2.05, 4.69) is 31.5 Å². The summed E-state index contributed by atoms with van der Waals surface area (Å²) in [4.78, 5) is 16.4. The van der Waals surface area contributed by atoms with E-state index in [1.165, 1.54) is 0 Å². The van der Waals surface area contributed by atoms with Gasteiger partial charge in [0.25, 0.3) is 5.91 Å². The van der Waals surface area contributed by atoms with Crippen molar-refractivity contribution in [2.75, 3.05) is 10.6 Å². The number of rotatable bonds is 5. The first-order valence-electron chi connectivity index (χ1n) is 7.51. The Balaban J connectivity index is 1.60. The first kappa shape index (κ1) is 16.2. The molecular weight excluding hydrogens is 366 g/mol. The summed E-state index contributed by atoms with van der Waals surface area (Å²) in [6, 6.07) is 18.9. The zero-order chi connectivity index (χ0) is 16.8. The van der Waals surface area contributed by atoms with Crippen LogP contribution in [0.4, 0.5) is 11.4 Å². The second-order valence-electron chi connectivity index (χ2n) is 5.23. The van der Waals surface area contributed by atoms with Crippen LogP contribution in [0.1, 0.15) is 15.9 Å². The van der Waals surface area contributed by atoms with Crippen LogP contribution in [0.3, 0.4) is 0 Å². The molecule has 0 aliphatic carbocycles. The van der Waals surface area contributed by atoms with Gasteiger partial charge in [-0.15, -0.1) is 0 Å². The minimum absolute atomic E-state index is 0.140. The lowest BCUT2D eigenvalue weighted by Crippen LogP contribution is -2.12. The third-order valence-electron chi connectivity index (χ3n) is 3.48. The van der Waals surface area contributed by atoms with Crippen molar-refractivity contribution in [3.8, 4) is 0 Å². The molecule has 0 aliphatic heterocycles. The SMILES string of the molecule is O=C(Nc1ccc(NCc2cccnc2)cc1)c1ccccc1Br. The summed E-state index contributed by atoms with van der Waals surface area (Å²) in [6.45, 7) is 0.705. The Hall–Kier alpha value is -2.66. The van der Waals surface area contributed by atoms with Crippen molar-refractivity contribution >= 4 is 33.2 Å². The van der Waals surface area contributed by atoms with Gasteiger partial charge in [-0.2, -0.15) is 0 Å². The predicted molar refractivity (Wildman–Crippen MR) is 100 cm³/mol. The molecule has 0 radical (unpaired) electrons. The van der Waals surface area contributed by atoms with E-state index in [0.29, 0.717) is 12.1 Å². The molecule has 0 bridgehead atoms. The van der Waals surface area contributed by atoms with Gasteiger partial charge in [0.05, 0.1) is 5.56 Å². The van der Waals surface area contributed by atoms with Gasteiger partial charge in [-0.3, -0.25) is 9.78 Å². The van der Waals surface area contributed by atoms with Gasteiger partial charge in [-0.05, 0) is 64.0 Å². The lowest BCUT2D eigenvalue weighted by molar-refractivity contribution is 0.102. The van der Waals surface area contributed by atoms with Crippen molar-refractivity contribution in [1.82, 2.24) is 4.98 Å².